The van der Waals surface area contributed by atoms with Gasteiger partial charge in [0, 0.05) is 42.0 Å². The third kappa shape index (κ3) is 6.18. The van der Waals surface area contributed by atoms with Crippen LogP contribution >= 0.6 is 46.6 Å². The molecule has 1 aromatic heterocycles. The molecule has 2 aliphatic heterocycles. The number of H-pyrrole nitrogens is 1. The maximum absolute atomic E-state index is 14.1. The third-order valence-electron chi connectivity index (χ3n) is 7.33. The van der Waals surface area contributed by atoms with Crippen LogP contribution in [-0.2, 0) is 18.5 Å². The van der Waals surface area contributed by atoms with E-state index in [1.54, 1.807) is 34.1 Å². The molecule has 0 saturated carbocycles. The number of nitrogens with zero attached hydrogens (tertiary/aromatic N) is 3. The number of hydrogen-bond acceptors (Lipinski definition) is 5. The van der Waals surface area contributed by atoms with E-state index in [1.165, 1.54) is 12.0 Å². The third-order valence-corrected chi connectivity index (χ3v) is 9.57. The summed E-state index contributed by atoms with van der Waals surface area (Å²) in [5, 5.41) is -3.47. The van der Waals surface area contributed by atoms with Crippen LogP contribution in [0.25, 0.3) is 0 Å². The first-order valence-electron chi connectivity index (χ1n) is 13.3. The molecule has 14 heteroatoms. The largest absolute Gasteiger partial charge is 0.495 e. The average molecular weight is 672 g/mol. The molecule has 0 aliphatic carbocycles. The van der Waals surface area contributed by atoms with E-state index in [2.05, 4.69) is 4.98 Å². The van der Waals surface area contributed by atoms with Gasteiger partial charge in [-0.1, -0.05) is 41.0 Å². The van der Waals surface area contributed by atoms with E-state index in [0.29, 0.717) is 24.5 Å². The van der Waals surface area contributed by atoms with Gasteiger partial charge in [0.05, 0.1) is 22.8 Å². The van der Waals surface area contributed by atoms with Crippen molar-refractivity contribution in [2.24, 2.45) is 0 Å². The Morgan fingerprint density at radius 1 is 1.07 bits per heavy atom. The minimum atomic E-state index is -3.89. The SMILES string of the molecule is COc1cc2c(cc1N1CCCN(C(C)C)C1=O)CN(C(=O)c1c(Sc3c(Cl)cccc3Cl)cc(C(F)(F)Cl)[nH]c1=O)C2. The van der Waals surface area contributed by atoms with Gasteiger partial charge in [-0.05, 0) is 73.3 Å². The molecule has 3 amide bonds. The van der Waals surface area contributed by atoms with Crippen molar-refractivity contribution in [3.05, 3.63) is 79.2 Å². The number of alkyl halides is 3. The number of fused-ring (bicyclic) bond motifs is 1. The van der Waals surface area contributed by atoms with Crippen LogP contribution in [0, 0.1) is 0 Å². The van der Waals surface area contributed by atoms with Crippen molar-refractivity contribution in [1.29, 1.82) is 0 Å². The second-order valence-corrected chi connectivity index (χ2v) is 12.8. The number of aromatic nitrogens is 1. The van der Waals surface area contributed by atoms with E-state index in [-0.39, 0.29) is 50.6 Å². The zero-order valence-corrected chi connectivity index (χ0v) is 26.4. The lowest BCUT2D eigenvalue weighted by atomic mass is 10.1. The number of anilines is 1. The first-order chi connectivity index (χ1) is 20.3. The molecule has 0 atom stereocenters. The van der Waals surface area contributed by atoms with Crippen LogP contribution < -0.4 is 15.2 Å². The highest BCUT2D eigenvalue weighted by molar-refractivity contribution is 7.99. The molecule has 228 valence electrons. The number of aromatic amines is 1. The first-order valence-corrected chi connectivity index (χ1v) is 15.3. The summed E-state index contributed by atoms with van der Waals surface area (Å²) in [7, 11) is 1.51. The lowest BCUT2D eigenvalue weighted by molar-refractivity contribution is 0.0740. The standard InChI is InChI=1S/C29H27Cl3F2N4O4S/c1-15(2)37-8-5-9-38(28(37)41)20-10-16-13-36(14-17(16)11-21(20)42-3)27(40)24-22(12-23(29(32,33)34)35-26(24)39)43-25-18(30)6-4-7-19(25)31/h4,6-7,10-12,15H,5,8-9,13-14H2,1-3H3,(H,35,39). The summed E-state index contributed by atoms with van der Waals surface area (Å²) in [4.78, 5) is 47.5. The Bertz CT molecular complexity index is 1640. The van der Waals surface area contributed by atoms with Crippen molar-refractivity contribution in [2.45, 2.75) is 54.6 Å². The van der Waals surface area contributed by atoms with Crippen LogP contribution in [0.5, 0.6) is 5.75 Å². The van der Waals surface area contributed by atoms with E-state index in [9.17, 15) is 23.2 Å². The number of benzene rings is 2. The number of hydrogen-bond donors (Lipinski definition) is 1. The van der Waals surface area contributed by atoms with Gasteiger partial charge < -0.3 is 19.5 Å². The zero-order chi connectivity index (χ0) is 31.2. The quantitative estimate of drug-likeness (QED) is 0.266. The number of pyridine rings is 1. The fourth-order valence-corrected chi connectivity index (χ4v) is 6.94. The number of carbonyl (C=O) groups excluding carboxylic acids is 2. The summed E-state index contributed by atoms with van der Waals surface area (Å²) in [5.41, 5.74) is -0.144. The van der Waals surface area contributed by atoms with Gasteiger partial charge in [0.15, 0.2) is 0 Å². The number of ether oxygens (including phenoxy) is 1. The molecule has 8 nitrogen and oxygen atoms in total. The molecule has 1 N–H and O–H groups in total. The highest BCUT2D eigenvalue weighted by Crippen LogP contribution is 2.42. The van der Waals surface area contributed by atoms with Crippen LogP contribution in [0.2, 0.25) is 10.0 Å². The van der Waals surface area contributed by atoms with Crippen molar-refractivity contribution >= 4 is 64.2 Å². The molecule has 0 radical (unpaired) electrons. The van der Waals surface area contributed by atoms with Crippen molar-refractivity contribution in [3.8, 4) is 5.75 Å². The molecular formula is C29H27Cl3F2N4O4S. The van der Waals surface area contributed by atoms with Crippen LogP contribution in [0.15, 0.2) is 51.0 Å². The molecule has 0 spiro atoms. The molecule has 43 heavy (non-hydrogen) atoms. The highest BCUT2D eigenvalue weighted by atomic mass is 35.5. The molecule has 1 fully saturated rings. The molecule has 5 rings (SSSR count). The zero-order valence-electron chi connectivity index (χ0n) is 23.3. The van der Waals surface area contributed by atoms with Gasteiger partial charge in [-0.3, -0.25) is 14.5 Å². The molecule has 0 unspecified atom stereocenters. The number of carbonyl (C=O) groups is 2. The molecule has 1 saturated heterocycles. The summed E-state index contributed by atoms with van der Waals surface area (Å²) < 4.78 is 33.8. The Labute approximate surface area is 265 Å². The summed E-state index contributed by atoms with van der Waals surface area (Å²) >= 11 is 18.7. The normalized spacial score (nSPS) is 15.4. The van der Waals surface area contributed by atoms with E-state index >= 15 is 0 Å². The summed E-state index contributed by atoms with van der Waals surface area (Å²) in [6, 6.07) is 9.17. The van der Waals surface area contributed by atoms with Gasteiger partial charge in [-0.15, -0.1) is 0 Å². The maximum Gasteiger partial charge on any atom is 0.362 e. The number of halogens is 5. The smallest absolute Gasteiger partial charge is 0.362 e. The fraction of sp³-hybridized carbons (Fsp3) is 0.345. The van der Waals surface area contributed by atoms with Gasteiger partial charge in [-0.25, -0.2) is 4.79 Å². The number of urea groups is 1. The molecule has 2 aliphatic rings. The Kier molecular flexibility index (Phi) is 8.91. The molecule has 0 bridgehead atoms. The van der Waals surface area contributed by atoms with Crippen LogP contribution in [-0.4, -0.2) is 53.0 Å². The Hall–Kier alpha value is -2.99. The minimum absolute atomic E-state index is 0.0276. The predicted octanol–water partition coefficient (Wildman–Crippen LogP) is 7.33. The first kappa shape index (κ1) is 31.4. The van der Waals surface area contributed by atoms with E-state index in [0.717, 1.165) is 35.4 Å². The highest BCUT2D eigenvalue weighted by Gasteiger charge is 2.36. The van der Waals surface area contributed by atoms with Gasteiger partial charge in [0.25, 0.3) is 11.5 Å². The van der Waals surface area contributed by atoms with Gasteiger partial charge in [-0.2, -0.15) is 8.78 Å². The maximum atomic E-state index is 14.1. The topological polar surface area (TPSA) is 85.9 Å². The van der Waals surface area contributed by atoms with Crippen molar-refractivity contribution in [3.63, 3.8) is 0 Å². The number of amides is 3. The van der Waals surface area contributed by atoms with Gasteiger partial charge >= 0.3 is 11.4 Å². The lowest BCUT2D eigenvalue weighted by Crippen LogP contribution is -2.52. The van der Waals surface area contributed by atoms with Crippen molar-refractivity contribution < 1.29 is 23.1 Å². The lowest BCUT2D eigenvalue weighted by Gasteiger charge is -2.38. The van der Waals surface area contributed by atoms with E-state index < -0.39 is 22.5 Å². The summed E-state index contributed by atoms with van der Waals surface area (Å²) in [6.45, 7) is 5.33. The molecule has 3 aromatic rings. The van der Waals surface area contributed by atoms with Crippen molar-refractivity contribution in [2.75, 3.05) is 25.1 Å². The average Bonchev–Trinajstić information content (AvgIpc) is 3.36. The van der Waals surface area contributed by atoms with Gasteiger partial charge in [0.1, 0.15) is 17.0 Å². The predicted molar refractivity (Wildman–Crippen MR) is 163 cm³/mol. The number of rotatable bonds is 7. The van der Waals surface area contributed by atoms with Gasteiger partial charge in [0.2, 0.25) is 0 Å². The monoisotopic (exact) mass is 670 g/mol. The summed E-state index contributed by atoms with van der Waals surface area (Å²) in [5.74, 6) is -0.212. The van der Waals surface area contributed by atoms with Crippen molar-refractivity contribution in [1.82, 2.24) is 14.8 Å². The molecular weight excluding hydrogens is 645 g/mol. The second kappa shape index (κ2) is 12.2. The van der Waals surface area contributed by atoms with Crippen LogP contribution in [0.1, 0.15) is 47.4 Å². The number of nitrogens with one attached hydrogen (secondary N) is 1. The Morgan fingerprint density at radius 2 is 1.72 bits per heavy atom. The van der Waals surface area contributed by atoms with Crippen LogP contribution in [0.3, 0.4) is 0 Å². The Balaban J connectivity index is 1.51. The molecule has 3 heterocycles. The summed E-state index contributed by atoms with van der Waals surface area (Å²) in [6.07, 6.45) is 0.783. The Morgan fingerprint density at radius 3 is 2.33 bits per heavy atom. The second-order valence-electron chi connectivity index (χ2n) is 10.4. The van der Waals surface area contributed by atoms with E-state index in [1.807, 2.05) is 19.9 Å². The van der Waals surface area contributed by atoms with E-state index in [4.69, 9.17) is 39.5 Å². The molecule has 2 aromatic carbocycles. The van der Waals surface area contributed by atoms with Crippen LogP contribution in [0.4, 0.5) is 19.3 Å². The fourth-order valence-electron chi connectivity index (χ4n) is 5.20. The number of methoxy groups -OCH3 is 1. The minimum Gasteiger partial charge on any atom is -0.495 e.